The molecule has 1 aromatic heterocycles. The molecule has 0 spiro atoms. The van der Waals surface area contributed by atoms with Crippen LogP contribution in [0.1, 0.15) is 23.7 Å². The minimum absolute atomic E-state index is 0.0303. The Hall–Kier alpha value is -1.88. The molecule has 1 heterocycles. The van der Waals surface area contributed by atoms with E-state index in [4.69, 9.17) is 0 Å². The van der Waals surface area contributed by atoms with Gasteiger partial charge in [0.15, 0.2) is 0 Å². The fourth-order valence-electron chi connectivity index (χ4n) is 1.89. The first kappa shape index (κ1) is 13.5. The highest BCUT2D eigenvalue weighted by atomic mass is 19.1. The van der Waals surface area contributed by atoms with Gasteiger partial charge in [0, 0.05) is 0 Å². The fourth-order valence-corrected chi connectivity index (χ4v) is 1.89. The molecule has 5 heteroatoms. The fraction of sp³-hybridized carbons (Fsp3) is 0.214. The highest BCUT2D eigenvalue weighted by Crippen LogP contribution is 2.32. The highest BCUT2D eigenvalue weighted by molar-refractivity contribution is 5.36. The molecular formula is C14H12F3NO. The number of aryl methyl sites for hydroxylation is 1. The van der Waals surface area contributed by atoms with Crippen LogP contribution in [0.2, 0.25) is 0 Å². The number of hydrogen-bond donors (Lipinski definition) is 1. The van der Waals surface area contributed by atoms with Gasteiger partial charge >= 0.3 is 0 Å². The zero-order chi connectivity index (χ0) is 14.2. The molecule has 0 saturated carbocycles. The Morgan fingerprint density at radius 3 is 2.37 bits per heavy atom. The number of hydrogen-bond acceptors (Lipinski definition) is 2. The van der Waals surface area contributed by atoms with Gasteiger partial charge in [0.1, 0.15) is 23.1 Å². The maximum Gasteiger partial charge on any atom is 0.141 e. The Labute approximate surface area is 108 Å². The minimum atomic E-state index is -1.98. The molecule has 0 fully saturated rings. The summed E-state index contributed by atoms with van der Waals surface area (Å²) in [5, 5.41) is 10.4. The Morgan fingerprint density at radius 1 is 1.11 bits per heavy atom. The van der Waals surface area contributed by atoms with Crippen molar-refractivity contribution < 1.29 is 18.3 Å². The highest BCUT2D eigenvalue weighted by Gasteiger charge is 2.34. The van der Waals surface area contributed by atoms with Crippen molar-refractivity contribution in [3.05, 3.63) is 64.7 Å². The molecule has 0 aliphatic heterocycles. The Balaban J connectivity index is 2.62. The van der Waals surface area contributed by atoms with Crippen LogP contribution in [0.5, 0.6) is 0 Å². The molecule has 1 atom stereocenters. The molecule has 19 heavy (non-hydrogen) atoms. The van der Waals surface area contributed by atoms with Gasteiger partial charge in [-0.15, -0.1) is 0 Å². The predicted octanol–water partition coefficient (Wildman–Crippen LogP) is 3.06. The quantitative estimate of drug-likeness (QED) is 0.907. The van der Waals surface area contributed by atoms with Crippen molar-refractivity contribution in [2.24, 2.45) is 0 Å². The van der Waals surface area contributed by atoms with Gasteiger partial charge < -0.3 is 5.11 Å². The van der Waals surface area contributed by atoms with Crippen molar-refractivity contribution in [3.63, 3.8) is 0 Å². The average Bonchev–Trinajstić information content (AvgIpc) is 2.34. The van der Waals surface area contributed by atoms with Crippen LogP contribution in [0.15, 0.2) is 30.5 Å². The monoisotopic (exact) mass is 267 g/mol. The molecule has 2 nitrogen and oxygen atoms in total. The van der Waals surface area contributed by atoms with Crippen molar-refractivity contribution in [2.45, 2.75) is 19.4 Å². The van der Waals surface area contributed by atoms with Gasteiger partial charge in [-0.3, -0.25) is 4.98 Å². The molecule has 100 valence electrons. The SMILES string of the molecule is Cc1ccc(F)c(C(C)(O)c2ccc(F)cn2)c1F. The van der Waals surface area contributed by atoms with Crippen molar-refractivity contribution in [1.82, 2.24) is 4.98 Å². The molecule has 0 radical (unpaired) electrons. The minimum Gasteiger partial charge on any atom is -0.379 e. The molecule has 1 unspecified atom stereocenters. The molecule has 0 amide bonds. The maximum absolute atomic E-state index is 14.0. The van der Waals surface area contributed by atoms with Crippen LogP contribution < -0.4 is 0 Å². The first-order chi connectivity index (χ1) is 8.84. The zero-order valence-corrected chi connectivity index (χ0v) is 10.4. The molecule has 0 bridgehead atoms. The van der Waals surface area contributed by atoms with Crippen LogP contribution in [-0.2, 0) is 5.60 Å². The molecular weight excluding hydrogens is 255 g/mol. The van der Waals surface area contributed by atoms with Gasteiger partial charge in [0.25, 0.3) is 0 Å². The molecule has 2 aromatic rings. The van der Waals surface area contributed by atoms with E-state index in [0.717, 1.165) is 18.3 Å². The van der Waals surface area contributed by atoms with Crippen LogP contribution in [0.3, 0.4) is 0 Å². The number of benzene rings is 1. The maximum atomic E-state index is 14.0. The average molecular weight is 267 g/mol. The summed E-state index contributed by atoms with van der Waals surface area (Å²) >= 11 is 0. The van der Waals surface area contributed by atoms with Gasteiger partial charge in [-0.2, -0.15) is 0 Å². The van der Waals surface area contributed by atoms with Gasteiger partial charge in [-0.25, -0.2) is 13.2 Å². The normalized spacial score (nSPS) is 14.2. The number of rotatable bonds is 2. The molecule has 1 aromatic carbocycles. The second kappa shape index (κ2) is 4.66. The summed E-state index contributed by atoms with van der Waals surface area (Å²) in [4.78, 5) is 3.68. The summed E-state index contributed by atoms with van der Waals surface area (Å²) in [5.41, 5.74) is -2.30. The van der Waals surface area contributed by atoms with Gasteiger partial charge in [-0.1, -0.05) is 6.07 Å². The van der Waals surface area contributed by atoms with E-state index in [-0.39, 0.29) is 11.3 Å². The second-order valence-electron chi connectivity index (χ2n) is 4.49. The van der Waals surface area contributed by atoms with Crippen molar-refractivity contribution in [2.75, 3.05) is 0 Å². The van der Waals surface area contributed by atoms with Crippen LogP contribution in [0.25, 0.3) is 0 Å². The van der Waals surface area contributed by atoms with E-state index < -0.39 is 28.6 Å². The van der Waals surface area contributed by atoms with Crippen molar-refractivity contribution >= 4 is 0 Å². The van der Waals surface area contributed by atoms with Crippen LogP contribution in [0.4, 0.5) is 13.2 Å². The molecule has 0 aliphatic carbocycles. The number of nitrogens with zero attached hydrogens (tertiary/aromatic N) is 1. The lowest BCUT2D eigenvalue weighted by molar-refractivity contribution is 0.0884. The Kier molecular flexibility index (Phi) is 3.32. The van der Waals surface area contributed by atoms with Crippen LogP contribution >= 0.6 is 0 Å². The lowest BCUT2D eigenvalue weighted by Gasteiger charge is -2.24. The summed E-state index contributed by atoms with van der Waals surface area (Å²) in [5.74, 6) is -2.31. The van der Waals surface area contributed by atoms with Crippen LogP contribution in [-0.4, -0.2) is 10.1 Å². The van der Waals surface area contributed by atoms with E-state index in [9.17, 15) is 18.3 Å². The summed E-state index contributed by atoms with van der Waals surface area (Å²) in [6.07, 6.45) is 0.884. The lowest BCUT2D eigenvalue weighted by atomic mass is 9.90. The lowest BCUT2D eigenvalue weighted by Crippen LogP contribution is -2.27. The van der Waals surface area contributed by atoms with E-state index in [0.29, 0.717) is 0 Å². The Bertz CT molecular complexity index is 609. The largest absolute Gasteiger partial charge is 0.379 e. The zero-order valence-electron chi connectivity index (χ0n) is 10.4. The molecule has 0 aliphatic rings. The predicted molar refractivity (Wildman–Crippen MR) is 64.0 cm³/mol. The van der Waals surface area contributed by atoms with Gasteiger partial charge in [0.2, 0.25) is 0 Å². The second-order valence-corrected chi connectivity index (χ2v) is 4.49. The first-order valence-corrected chi connectivity index (χ1v) is 5.63. The standard InChI is InChI=1S/C14H12F3NO/c1-8-3-5-10(16)12(13(8)17)14(2,19)11-6-4-9(15)7-18-11/h3-7,19H,1-2H3. The topological polar surface area (TPSA) is 33.1 Å². The number of aromatic nitrogens is 1. The summed E-state index contributed by atoms with van der Waals surface area (Å²) < 4.78 is 40.6. The summed E-state index contributed by atoms with van der Waals surface area (Å²) in [7, 11) is 0. The number of aliphatic hydroxyl groups is 1. The van der Waals surface area contributed by atoms with E-state index in [1.54, 1.807) is 0 Å². The molecule has 0 saturated heterocycles. The third kappa shape index (κ3) is 2.33. The number of pyridine rings is 1. The van der Waals surface area contributed by atoms with E-state index >= 15 is 0 Å². The van der Waals surface area contributed by atoms with Gasteiger partial charge in [-0.05, 0) is 37.6 Å². The third-order valence-corrected chi connectivity index (χ3v) is 3.00. The molecule has 1 N–H and O–H groups in total. The van der Waals surface area contributed by atoms with Crippen LogP contribution in [0, 0.1) is 24.4 Å². The van der Waals surface area contributed by atoms with Crippen molar-refractivity contribution in [3.8, 4) is 0 Å². The summed E-state index contributed by atoms with van der Waals surface area (Å²) in [6, 6.07) is 4.62. The van der Waals surface area contributed by atoms with E-state index in [2.05, 4.69) is 4.98 Å². The van der Waals surface area contributed by atoms with E-state index in [1.807, 2.05) is 0 Å². The summed E-state index contributed by atoms with van der Waals surface area (Å²) in [6.45, 7) is 2.68. The van der Waals surface area contributed by atoms with E-state index in [1.165, 1.54) is 26.0 Å². The number of halogens is 3. The smallest absolute Gasteiger partial charge is 0.141 e. The van der Waals surface area contributed by atoms with Gasteiger partial charge in [0.05, 0.1) is 17.5 Å². The molecule has 2 rings (SSSR count). The Morgan fingerprint density at radius 2 is 1.79 bits per heavy atom. The third-order valence-electron chi connectivity index (χ3n) is 3.00. The first-order valence-electron chi connectivity index (χ1n) is 5.63. The van der Waals surface area contributed by atoms with Crippen molar-refractivity contribution in [1.29, 1.82) is 0 Å².